The van der Waals surface area contributed by atoms with Gasteiger partial charge < -0.3 is 0 Å². The van der Waals surface area contributed by atoms with Gasteiger partial charge >= 0.3 is 0 Å². The van der Waals surface area contributed by atoms with Crippen LogP contribution in [0.2, 0.25) is 0 Å². The standard InChI is InChI=1S/C14H18ClF2NO2S/c1-2-5-18(9-10-3-4-10)21(19,20)13-7-11(8-15)6-12(16)14(13)17/h6-7,10H,2-5,8-9H2,1H3. The Kier molecular flexibility index (Phi) is 5.22. The van der Waals surface area contributed by atoms with Crippen molar-refractivity contribution in [2.45, 2.75) is 37.0 Å². The number of alkyl halides is 1. The number of halogens is 3. The molecular formula is C14H18ClF2NO2S. The van der Waals surface area contributed by atoms with Crippen LogP contribution >= 0.6 is 11.6 Å². The fraction of sp³-hybridized carbons (Fsp3) is 0.571. The van der Waals surface area contributed by atoms with Crippen molar-refractivity contribution in [1.29, 1.82) is 0 Å². The molecule has 0 unspecified atom stereocenters. The van der Waals surface area contributed by atoms with Crippen LogP contribution in [0.25, 0.3) is 0 Å². The van der Waals surface area contributed by atoms with E-state index in [0.29, 0.717) is 25.4 Å². The van der Waals surface area contributed by atoms with Crippen LogP contribution in [0, 0.1) is 17.6 Å². The van der Waals surface area contributed by atoms with Crippen molar-refractivity contribution in [1.82, 2.24) is 4.31 Å². The highest BCUT2D eigenvalue weighted by molar-refractivity contribution is 7.89. The van der Waals surface area contributed by atoms with Crippen molar-refractivity contribution in [3.8, 4) is 0 Å². The van der Waals surface area contributed by atoms with Gasteiger partial charge in [-0.05, 0) is 42.9 Å². The maximum absolute atomic E-state index is 13.9. The summed E-state index contributed by atoms with van der Waals surface area (Å²) in [7, 11) is -4.04. The molecule has 0 saturated heterocycles. The lowest BCUT2D eigenvalue weighted by atomic mass is 10.2. The molecule has 0 N–H and O–H groups in total. The van der Waals surface area contributed by atoms with E-state index in [4.69, 9.17) is 11.6 Å². The van der Waals surface area contributed by atoms with Gasteiger partial charge in [-0.2, -0.15) is 4.31 Å². The van der Waals surface area contributed by atoms with Gasteiger partial charge in [0.15, 0.2) is 11.6 Å². The summed E-state index contributed by atoms with van der Waals surface area (Å²) in [5.74, 6) is -2.26. The minimum atomic E-state index is -4.04. The number of rotatable bonds is 7. The number of nitrogens with zero attached hydrogens (tertiary/aromatic N) is 1. The lowest BCUT2D eigenvalue weighted by molar-refractivity contribution is 0.390. The van der Waals surface area contributed by atoms with Crippen molar-refractivity contribution in [2.75, 3.05) is 13.1 Å². The number of benzene rings is 1. The molecule has 0 heterocycles. The van der Waals surface area contributed by atoms with Gasteiger partial charge in [0.25, 0.3) is 0 Å². The molecule has 1 aromatic carbocycles. The van der Waals surface area contributed by atoms with Gasteiger partial charge in [-0.3, -0.25) is 0 Å². The first-order valence-electron chi connectivity index (χ1n) is 6.94. The number of sulfonamides is 1. The average Bonchev–Trinajstić information content (AvgIpc) is 3.25. The molecule has 7 heteroatoms. The molecule has 0 spiro atoms. The maximum Gasteiger partial charge on any atom is 0.246 e. The fourth-order valence-corrected chi connectivity index (χ4v) is 4.06. The largest absolute Gasteiger partial charge is 0.246 e. The molecule has 118 valence electrons. The quantitative estimate of drug-likeness (QED) is 0.714. The summed E-state index contributed by atoms with van der Waals surface area (Å²) in [4.78, 5) is -0.618. The molecule has 1 aliphatic rings. The molecule has 1 aliphatic carbocycles. The third-order valence-electron chi connectivity index (χ3n) is 3.46. The Morgan fingerprint density at radius 3 is 2.52 bits per heavy atom. The molecule has 0 aliphatic heterocycles. The van der Waals surface area contributed by atoms with Gasteiger partial charge in [0, 0.05) is 19.0 Å². The smallest absolute Gasteiger partial charge is 0.207 e. The Morgan fingerprint density at radius 2 is 2.00 bits per heavy atom. The second-order valence-corrected chi connectivity index (χ2v) is 7.50. The van der Waals surface area contributed by atoms with Crippen LogP contribution in [-0.4, -0.2) is 25.8 Å². The van der Waals surface area contributed by atoms with Crippen LogP contribution in [0.3, 0.4) is 0 Å². The Labute approximate surface area is 129 Å². The van der Waals surface area contributed by atoms with Crippen LogP contribution in [0.15, 0.2) is 17.0 Å². The van der Waals surface area contributed by atoms with Gasteiger partial charge in [0.2, 0.25) is 10.0 Å². The second-order valence-electron chi connectivity index (χ2n) is 5.33. The summed E-state index contributed by atoms with van der Waals surface area (Å²) in [5.41, 5.74) is 0.247. The maximum atomic E-state index is 13.9. The van der Waals surface area contributed by atoms with Crippen molar-refractivity contribution < 1.29 is 17.2 Å². The van der Waals surface area contributed by atoms with E-state index in [0.717, 1.165) is 25.0 Å². The van der Waals surface area contributed by atoms with Crippen LogP contribution in [-0.2, 0) is 15.9 Å². The monoisotopic (exact) mass is 337 g/mol. The minimum absolute atomic E-state index is 0.0733. The third kappa shape index (κ3) is 3.73. The summed E-state index contributed by atoms with van der Waals surface area (Å²) >= 11 is 5.61. The van der Waals surface area contributed by atoms with E-state index in [2.05, 4.69) is 0 Å². The SMILES string of the molecule is CCCN(CC1CC1)S(=O)(=O)c1cc(CCl)cc(F)c1F. The van der Waals surface area contributed by atoms with Crippen LogP contribution in [0.4, 0.5) is 8.78 Å². The van der Waals surface area contributed by atoms with Crippen molar-refractivity contribution in [2.24, 2.45) is 5.92 Å². The molecule has 2 rings (SSSR count). The lowest BCUT2D eigenvalue weighted by Gasteiger charge is -2.22. The normalized spacial score (nSPS) is 15.7. The summed E-state index contributed by atoms with van der Waals surface area (Å²) in [6.45, 7) is 2.51. The van der Waals surface area contributed by atoms with Gasteiger partial charge in [-0.25, -0.2) is 17.2 Å². The molecule has 1 fully saturated rings. The van der Waals surface area contributed by atoms with E-state index < -0.39 is 26.6 Å². The molecule has 0 aromatic heterocycles. The highest BCUT2D eigenvalue weighted by Crippen LogP contribution is 2.32. The summed E-state index contributed by atoms with van der Waals surface area (Å²) in [5, 5.41) is 0. The molecule has 1 saturated carbocycles. The molecule has 0 bridgehead atoms. The van der Waals surface area contributed by atoms with E-state index in [-0.39, 0.29) is 11.4 Å². The Balaban J connectivity index is 2.42. The van der Waals surface area contributed by atoms with Crippen LogP contribution < -0.4 is 0 Å². The summed E-state index contributed by atoms with van der Waals surface area (Å²) in [6, 6.07) is 2.04. The second kappa shape index (κ2) is 6.58. The van der Waals surface area contributed by atoms with E-state index in [1.807, 2.05) is 6.92 Å². The molecule has 0 radical (unpaired) electrons. The van der Waals surface area contributed by atoms with Crippen LogP contribution in [0.1, 0.15) is 31.7 Å². The highest BCUT2D eigenvalue weighted by Gasteiger charge is 2.33. The zero-order chi connectivity index (χ0) is 15.6. The zero-order valence-electron chi connectivity index (χ0n) is 11.8. The van der Waals surface area contributed by atoms with Crippen molar-refractivity contribution in [3.05, 3.63) is 29.3 Å². The molecule has 0 atom stereocenters. The van der Waals surface area contributed by atoms with E-state index in [9.17, 15) is 17.2 Å². The van der Waals surface area contributed by atoms with Gasteiger partial charge in [0.05, 0.1) is 0 Å². The van der Waals surface area contributed by atoms with Gasteiger partial charge in [-0.15, -0.1) is 11.6 Å². The molecular weight excluding hydrogens is 320 g/mol. The topological polar surface area (TPSA) is 37.4 Å². The van der Waals surface area contributed by atoms with Gasteiger partial charge in [-0.1, -0.05) is 6.92 Å². The predicted molar refractivity (Wildman–Crippen MR) is 77.7 cm³/mol. The Morgan fingerprint density at radius 1 is 1.33 bits per heavy atom. The first-order valence-corrected chi connectivity index (χ1v) is 8.91. The Bertz CT molecular complexity index is 618. The highest BCUT2D eigenvalue weighted by atomic mass is 35.5. The molecule has 0 amide bonds. The van der Waals surface area contributed by atoms with Crippen molar-refractivity contribution >= 4 is 21.6 Å². The van der Waals surface area contributed by atoms with Crippen LogP contribution in [0.5, 0.6) is 0 Å². The first kappa shape index (κ1) is 16.6. The third-order valence-corrected chi connectivity index (χ3v) is 5.63. The number of hydrogen-bond acceptors (Lipinski definition) is 2. The van der Waals surface area contributed by atoms with E-state index in [1.165, 1.54) is 4.31 Å². The minimum Gasteiger partial charge on any atom is -0.207 e. The Hall–Kier alpha value is -0.720. The summed E-state index contributed by atoms with van der Waals surface area (Å²) in [6.07, 6.45) is 2.58. The molecule has 1 aromatic rings. The molecule has 21 heavy (non-hydrogen) atoms. The molecule has 3 nitrogen and oxygen atoms in total. The summed E-state index contributed by atoms with van der Waals surface area (Å²) < 4.78 is 54.0. The number of hydrogen-bond donors (Lipinski definition) is 0. The van der Waals surface area contributed by atoms with E-state index >= 15 is 0 Å². The van der Waals surface area contributed by atoms with Crippen molar-refractivity contribution in [3.63, 3.8) is 0 Å². The first-order chi connectivity index (χ1) is 9.90. The van der Waals surface area contributed by atoms with E-state index in [1.54, 1.807) is 0 Å². The van der Waals surface area contributed by atoms with Gasteiger partial charge in [0.1, 0.15) is 4.90 Å². The lowest BCUT2D eigenvalue weighted by Crippen LogP contribution is -2.34. The zero-order valence-corrected chi connectivity index (χ0v) is 13.4. The fourth-order valence-electron chi connectivity index (χ4n) is 2.17. The average molecular weight is 338 g/mol. The predicted octanol–water partition coefficient (Wildman–Crippen LogP) is 3.51.